The molecule has 0 aromatic carbocycles. The maximum absolute atomic E-state index is 11.1. The first-order valence-electron chi connectivity index (χ1n) is 6.21. The van der Waals surface area contributed by atoms with E-state index in [9.17, 15) is 10.1 Å². The van der Waals surface area contributed by atoms with Crippen molar-refractivity contribution < 1.29 is 4.92 Å². The molecule has 102 valence electrons. The number of rotatable bonds is 6. The zero-order valence-electron chi connectivity index (χ0n) is 11.3. The van der Waals surface area contributed by atoms with Crippen molar-refractivity contribution in [2.75, 3.05) is 0 Å². The van der Waals surface area contributed by atoms with Crippen molar-refractivity contribution in [1.82, 2.24) is 9.78 Å². The number of hydrogen-bond donors (Lipinski definition) is 0. The van der Waals surface area contributed by atoms with Crippen LogP contribution >= 0.6 is 11.6 Å². The predicted molar refractivity (Wildman–Crippen MR) is 72.1 cm³/mol. The van der Waals surface area contributed by atoms with Crippen molar-refractivity contribution in [2.24, 2.45) is 5.92 Å². The topological polar surface area (TPSA) is 61.0 Å². The third kappa shape index (κ3) is 3.45. The molecule has 6 heteroatoms. The summed E-state index contributed by atoms with van der Waals surface area (Å²) >= 11 is 6.26. The molecule has 1 aromatic rings. The van der Waals surface area contributed by atoms with Crippen LogP contribution in [0.3, 0.4) is 0 Å². The van der Waals surface area contributed by atoms with E-state index in [4.69, 9.17) is 11.6 Å². The van der Waals surface area contributed by atoms with Gasteiger partial charge in [0.2, 0.25) is 0 Å². The molecular weight excluding hydrogens is 254 g/mol. The molecule has 0 aliphatic rings. The lowest BCUT2D eigenvalue weighted by atomic mass is 10.0. The van der Waals surface area contributed by atoms with Crippen LogP contribution in [0.5, 0.6) is 0 Å². The first kappa shape index (κ1) is 15.0. The van der Waals surface area contributed by atoms with Gasteiger partial charge in [-0.15, -0.1) is 11.6 Å². The standard InChI is InChI=1S/C12H20ClN3O2/c1-5-15-11(7-10(13)6-8(2)3)12(16(17)18)9(4)14-15/h8,10H,5-7H2,1-4H3. The van der Waals surface area contributed by atoms with Crippen molar-refractivity contribution in [1.29, 1.82) is 0 Å². The second-order valence-electron chi connectivity index (χ2n) is 4.88. The molecule has 1 aromatic heterocycles. The molecule has 0 saturated heterocycles. The SMILES string of the molecule is CCn1nc(C)c([N+](=O)[O-])c1CC(Cl)CC(C)C. The fraction of sp³-hybridized carbons (Fsp3) is 0.750. The summed E-state index contributed by atoms with van der Waals surface area (Å²) in [7, 11) is 0. The Kier molecular flexibility index (Phi) is 5.14. The van der Waals surface area contributed by atoms with Gasteiger partial charge in [-0.05, 0) is 26.2 Å². The van der Waals surface area contributed by atoms with Crippen LogP contribution in [-0.4, -0.2) is 20.1 Å². The number of halogens is 1. The molecule has 0 fully saturated rings. The van der Waals surface area contributed by atoms with Gasteiger partial charge in [-0.2, -0.15) is 5.10 Å². The third-order valence-electron chi connectivity index (χ3n) is 2.82. The Bertz CT molecular complexity index is 429. The second-order valence-corrected chi connectivity index (χ2v) is 5.50. The lowest BCUT2D eigenvalue weighted by Crippen LogP contribution is -2.13. The zero-order valence-corrected chi connectivity index (χ0v) is 12.1. The fourth-order valence-corrected chi connectivity index (χ4v) is 2.63. The second kappa shape index (κ2) is 6.18. The van der Waals surface area contributed by atoms with Gasteiger partial charge in [-0.1, -0.05) is 13.8 Å². The highest BCUT2D eigenvalue weighted by molar-refractivity contribution is 6.20. The molecule has 0 aliphatic carbocycles. The van der Waals surface area contributed by atoms with Crippen LogP contribution < -0.4 is 0 Å². The van der Waals surface area contributed by atoms with Gasteiger partial charge in [0.25, 0.3) is 0 Å². The number of nitro groups is 1. The van der Waals surface area contributed by atoms with Crippen LogP contribution in [0.1, 0.15) is 38.6 Å². The van der Waals surface area contributed by atoms with Crippen molar-refractivity contribution in [3.05, 3.63) is 21.5 Å². The van der Waals surface area contributed by atoms with E-state index in [0.717, 1.165) is 6.42 Å². The maximum Gasteiger partial charge on any atom is 0.313 e. The van der Waals surface area contributed by atoms with Gasteiger partial charge in [0.05, 0.1) is 4.92 Å². The lowest BCUT2D eigenvalue weighted by Gasteiger charge is -2.12. The quantitative estimate of drug-likeness (QED) is 0.454. The van der Waals surface area contributed by atoms with Crippen LogP contribution in [0.2, 0.25) is 0 Å². The van der Waals surface area contributed by atoms with Gasteiger partial charge in [0.15, 0.2) is 0 Å². The van der Waals surface area contributed by atoms with Gasteiger partial charge >= 0.3 is 5.69 Å². The minimum Gasteiger partial charge on any atom is -0.262 e. The smallest absolute Gasteiger partial charge is 0.262 e. The molecule has 1 heterocycles. The van der Waals surface area contributed by atoms with Gasteiger partial charge in [0, 0.05) is 18.3 Å². The molecule has 0 N–H and O–H groups in total. The number of aromatic nitrogens is 2. The van der Waals surface area contributed by atoms with E-state index < -0.39 is 0 Å². The van der Waals surface area contributed by atoms with Crippen LogP contribution in [0.15, 0.2) is 0 Å². The Morgan fingerprint density at radius 1 is 1.50 bits per heavy atom. The summed E-state index contributed by atoms with van der Waals surface area (Å²) in [5.74, 6) is 0.477. The Morgan fingerprint density at radius 2 is 2.11 bits per heavy atom. The number of alkyl halides is 1. The van der Waals surface area contributed by atoms with Gasteiger partial charge in [-0.3, -0.25) is 14.8 Å². The summed E-state index contributed by atoms with van der Waals surface area (Å²) in [5, 5.41) is 15.2. The van der Waals surface area contributed by atoms with Crippen molar-refractivity contribution in [3.8, 4) is 0 Å². The van der Waals surface area contributed by atoms with E-state index in [1.165, 1.54) is 0 Å². The summed E-state index contributed by atoms with van der Waals surface area (Å²) in [6.07, 6.45) is 1.33. The molecule has 1 unspecified atom stereocenters. The van der Waals surface area contributed by atoms with Gasteiger partial charge < -0.3 is 0 Å². The summed E-state index contributed by atoms with van der Waals surface area (Å²) in [6, 6.07) is 0. The highest BCUT2D eigenvalue weighted by Crippen LogP contribution is 2.27. The third-order valence-corrected chi connectivity index (χ3v) is 3.15. The van der Waals surface area contributed by atoms with Crippen LogP contribution in [0.4, 0.5) is 5.69 Å². The molecule has 5 nitrogen and oxygen atoms in total. The molecule has 0 radical (unpaired) electrons. The summed E-state index contributed by atoms with van der Waals surface area (Å²) in [6.45, 7) is 8.39. The van der Waals surface area contributed by atoms with E-state index in [-0.39, 0.29) is 16.0 Å². The predicted octanol–water partition coefficient (Wildman–Crippen LogP) is 3.32. The van der Waals surface area contributed by atoms with E-state index in [0.29, 0.717) is 30.3 Å². The first-order valence-corrected chi connectivity index (χ1v) is 6.65. The molecular formula is C12H20ClN3O2. The van der Waals surface area contributed by atoms with E-state index >= 15 is 0 Å². The normalized spacial score (nSPS) is 13.0. The molecule has 0 amide bonds. The first-order chi connectivity index (χ1) is 8.36. The van der Waals surface area contributed by atoms with Crippen LogP contribution in [-0.2, 0) is 13.0 Å². The molecule has 1 rings (SSSR count). The molecule has 0 bridgehead atoms. The highest BCUT2D eigenvalue weighted by atomic mass is 35.5. The largest absolute Gasteiger partial charge is 0.313 e. The highest BCUT2D eigenvalue weighted by Gasteiger charge is 2.26. The van der Waals surface area contributed by atoms with E-state index in [1.807, 2.05) is 6.92 Å². The summed E-state index contributed by atoms with van der Waals surface area (Å²) in [5.41, 5.74) is 1.22. The average Bonchev–Trinajstić information content (AvgIpc) is 2.53. The fourth-order valence-electron chi connectivity index (χ4n) is 2.13. The molecule has 18 heavy (non-hydrogen) atoms. The maximum atomic E-state index is 11.1. The number of nitrogens with zero attached hydrogens (tertiary/aromatic N) is 3. The Labute approximate surface area is 112 Å². The molecule has 0 saturated carbocycles. The van der Waals surface area contributed by atoms with Crippen molar-refractivity contribution >= 4 is 17.3 Å². The Morgan fingerprint density at radius 3 is 2.56 bits per heavy atom. The molecule has 0 spiro atoms. The zero-order chi connectivity index (χ0) is 13.9. The summed E-state index contributed by atoms with van der Waals surface area (Å²) < 4.78 is 1.68. The van der Waals surface area contributed by atoms with Gasteiger partial charge in [0.1, 0.15) is 11.4 Å². The number of aryl methyl sites for hydroxylation is 2. The average molecular weight is 274 g/mol. The number of hydrogen-bond acceptors (Lipinski definition) is 3. The Balaban J connectivity index is 3.02. The summed E-state index contributed by atoms with van der Waals surface area (Å²) in [4.78, 5) is 10.7. The minimum absolute atomic E-state index is 0.0925. The minimum atomic E-state index is -0.358. The van der Waals surface area contributed by atoms with Gasteiger partial charge in [-0.25, -0.2) is 0 Å². The van der Waals surface area contributed by atoms with Crippen LogP contribution in [0, 0.1) is 23.0 Å². The molecule has 0 aliphatic heterocycles. The monoisotopic (exact) mass is 273 g/mol. The van der Waals surface area contributed by atoms with E-state index in [1.54, 1.807) is 11.6 Å². The molecule has 1 atom stereocenters. The van der Waals surface area contributed by atoms with E-state index in [2.05, 4.69) is 18.9 Å². The Hall–Kier alpha value is -1.10. The lowest BCUT2D eigenvalue weighted by molar-refractivity contribution is -0.386. The van der Waals surface area contributed by atoms with Crippen LogP contribution in [0.25, 0.3) is 0 Å². The van der Waals surface area contributed by atoms with Crippen molar-refractivity contribution in [2.45, 2.75) is 52.5 Å². The van der Waals surface area contributed by atoms with Crippen molar-refractivity contribution in [3.63, 3.8) is 0 Å².